The maximum Gasteiger partial charge on any atom is 0.191 e. The molecule has 2 aliphatic rings. The van der Waals surface area contributed by atoms with Crippen molar-refractivity contribution in [1.29, 1.82) is 0 Å². The van der Waals surface area contributed by atoms with Gasteiger partial charge in [-0.15, -0.1) is 0 Å². The van der Waals surface area contributed by atoms with Crippen LogP contribution < -0.4 is 20.1 Å². The van der Waals surface area contributed by atoms with Gasteiger partial charge in [0.2, 0.25) is 0 Å². The molecule has 3 rings (SSSR count). The molecule has 0 aromatic heterocycles. The smallest absolute Gasteiger partial charge is 0.191 e. The first-order chi connectivity index (χ1) is 13.2. The predicted octanol–water partition coefficient (Wildman–Crippen LogP) is 2.12. The number of hydrogen-bond acceptors (Lipinski definition) is 5. The third kappa shape index (κ3) is 5.45. The molecule has 2 heterocycles. The summed E-state index contributed by atoms with van der Waals surface area (Å²) in [5.74, 6) is 3.84. The SMILES string of the molecule is CN=C(NCCN1CCc2cc(OC)c(OC)cc2C1)NCC1CCCS1. The van der Waals surface area contributed by atoms with E-state index in [4.69, 9.17) is 9.47 Å². The summed E-state index contributed by atoms with van der Waals surface area (Å²) < 4.78 is 10.9. The van der Waals surface area contributed by atoms with E-state index in [0.717, 1.165) is 61.9 Å². The van der Waals surface area contributed by atoms with Crippen LogP contribution in [0.15, 0.2) is 17.1 Å². The number of fused-ring (bicyclic) bond motifs is 1. The second-order valence-electron chi connectivity index (χ2n) is 7.02. The molecule has 0 aliphatic carbocycles. The van der Waals surface area contributed by atoms with Crippen LogP contribution in [0.5, 0.6) is 11.5 Å². The van der Waals surface area contributed by atoms with Crippen molar-refractivity contribution in [1.82, 2.24) is 15.5 Å². The maximum atomic E-state index is 5.45. The second kappa shape index (κ2) is 10.1. The Morgan fingerprint density at radius 3 is 2.67 bits per heavy atom. The first kappa shape index (κ1) is 20.1. The van der Waals surface area contributed by atoms with Gasteiger partial charge in [0.05, 0.1) is 14.2 Å². The number of guanidine groups is 1. The van der Waals surface area contributed by atoms with Gasteiger partial charge in [0.1, 0.15) is 0 Å². The molecule has 1 aromatic rings. The Balaban J connectivity index is 1.45. The van der Waals surface area contributed by atoms with E-state index < -0.39 is 0 Å². The molecule has 0 radical (unpaired) electrons. The molecule has 0 bridgehead atoms. The Morgan fingerprint density at radius 2 is 2.00 bits per heavy atom. The van der Waals surface area contributed by atoms with E-state index in [9.17, 15) is 0 Å². The molecule has 2 N–H and O–H groups in total. The van der Waals surface area contributed by atoms with E-state index in [0.29, 0.717) is 0 Å². The highest BCUT2D eigenvalue weighted by molar-refractivity contribution is 8.00. The minimum absolute atomic E-state index is 0.731. The highest BCUT2D eigenvalue weighted by Gasteiger charge is 2.19. The fraction of sp³-hybridized carbons (Fsp3) is 0.650. The van der Waals surface area contributed by atoms with Gasteiger partial charge < -0.3 is 20.1 Å². The summed E-state index contributed by atoms with van der Waals surface area (Å²) in [7, 11) is 5.22. The Bertz CT molecular complexity index is 647. The van der Waals surface area contributed by atoms with Crippen LogP contribution in [0.4, 0.5) is 0 Å². The molecule has 6 nitrogen and oxygen atoms in total. The molecule has 0 spiro atoms. The summed E-state index contributed by atoms with van der Waals surface area (Å²) in [5.41, 5.74) is 2.70. The molecule has 0 amide bonds. The Labute approximate surface area is 167 Å². The molecule has 150 valence electrons. The number of thioether (sulfide) groups is 1. The molecule has 27 heavy (non-hydrogen) atoms. The quantitative estimate of drug-likeness (QED) is 0.548. The fourth-order valence-electron chi connectivity index (χ4n) is 3.70. The molecule has 7 heteroatoms. The third-order valence-electron chi connectivity index (χ3n) is 5.26. The van der Waals surface area contributed by atoms with Gasteiger partial charge in [-0.2, -0.15) is 11.8 Å². The molecule has 2 aliphatic heterocycles. The Hall–Kier alpha value is -1.60. The van der Waals surface area contributed by atoms with Gasteiger partial charge in [-0.05, 0) is 48.3 Å². The van der Waals surface area contributed by atoms with Gasteiger partial charge in [-0.25, -0.2) is 0 Å². The largest absolute Gasteiger partial charge is 0.493 e. The third-order valence-corrected chi connectivity index (χ3v) is 6.66. The van der Waals surface area contributed by atoms with E-state index in [1.165, 1.54) is 29.7 Å². The standard InChI is InChI=1S/C20H32N4O2S/c1-21-20(23-13-17-5-4-10-27-17)22-7-9-24-8-6-15-11-18(25-2)19(26-3)12-16(15)14-24/h11-12,17H,4-10,13-14H2,1-3H3,(H2,21,22,23). The zero-order valence-corrected chi connectivity index (χ0v) is 17.5. The van der Waals surface area contributed by atoms with Crippen molar-refractivity contribution in [2.45, 2.75) is 31.1 Å². The van der Waals surface area contributed by atoms with Gasteiger partial charge >= 0.3 is 0 Å². The van der Waals surface area contributed by atoms with E-state index in [1.807, 2.05) is 7.05 Å². The van der Waals surface area contributed by atoms with Crippen molar-refractivity contribution in [3.05, 3.63) is 23.3 Å². The van der Waals surface area contributed by atoms with Crippen LogP contribution in [0.25, 0.3) is 0 Å². The molecule has 0 saturated carbocycles. The minimum atomic E-state index is 0.731. The number of rotatable bonds is 7. The van der Waals surface area contributed by atoms with Crippen LogP contribution in [0.2, 0.25) is 0 Å². The number of benzene rings is 1. The molecule has 1 unspecified atom stereocenters. The number of nitrogens with zero attached hydrogens (tertiary/aromatic N) is 2. The van der Waals surface area contributed by atoms with Crippen LogP contribution in [0, 0.1) is 0 Å². The number of hydrogen-bond donors (Lipinski definition) is 2. The van der Waals surface area contributed by atoms with Crippen LogP contribution in [0.3, 0.4) is 0 Å². The average molecular weight is 393 g/mol. The average Bonchev–Trinajstić information content (AvgIpc) is 3.22. The van der Waals surface area contributed by atoms with Crippen molar-refractivity contribution in [2.24, 2.45) is 4.99 Å². The zero-order valence-electron chi connectivity index (χ0n) is 16.7. The first-order valence-corrected chi connectivity index (χ1v) is 10.8. The summed E-state index contributed by atoms with van der Waals surface area (Å²) >= 11 is 2.07. The van der Waals surface area contributed by atoms with Gasteiger partial charge in [-0.3, -0.25) is 9.89 Å². The lowest BCUT2D eigenvalue weighted by atomic mass is 9.99. The second-order valence-corrected chi connectivity index (χ2v) is 8.43. The predicted molar refractivity (Wildman–Crippen MR) is 113 cm³/mol. The Morgan fingerprint density at radius 1 is 1.22 bits per heavy atom. The van der Waals surface area contributed by atoms with Gasteiger partial charge in [0, 0.05) is 45.0 Å². The maximum absolute atomic E-state index is 5.45. The summed E-state index contributed by atoms with van der Waals surface area (Å²) in [5, 5.41) is 7.64. The van der Waals surface area contributed by atoms with Crippen molar-refractivity contribution in [2.75, 3.05) is 53.2 Å². The number of methoxy groups -OCH3 is 2. The van der Waals surface area contributed by atoms with E-state index in [2.05, 4.69) is 44.4 Å². The highest BCUT2D eigenvalue weighted by atomic mass is 32.2. The van der Waals surface area contributed by atoms with Crippen molar-refractivity contribution in [3.8, 4) is 11.5 Å². The van der Waals surface area contributed by atoms with Crippen LogP contribution in [-0.2, 0) is 13.0 Å². The summed E-state index contributed by atoms with van der Waals surface area (Å²) in [4.78, 5) is 6.82. The van der Waals surface area contributed by atoms with E-state index in [1.54, 1.807) is 14.2 Å². The number of ether oxygens (including phenoxy) is 2. The van der Waals surface area contributed by atoms with Crippen LogP contribution in [0.1, 0.15) is 24.0 Å². The lowest BCUT2D eigenvalue weighted by molar-refractivity contribution is 0.256. The zero-order chi connectivity index (χ0) is 19.1. The van der Waals surface area contributed by atoms with Crippen LogP contribution >= 0.6 is 11.8 Å². The lowest BCUT2D eigenvalue weighted by Gasteiger charge is -2.29. The topological polar surface area (TPSA) is 58.1 Å². The van der Waals surface area contributed by atoms with E-state index >= 15 is 0 Å². The molecule has 1 aromatic carbocycles. The monoisotopic (exact) mass is 392 g/mol. The summed E-state index contributed by atoms with van der Waals surface area (Å²) in [6.45, 7) is 4.90. The molecule has 1 fully saturated rings. The highest BCUT2D eigenvalue weighted by Crippen LogP contribution is 2.33. The number of nitrogens with one attached hydrogen (secondary N) is 2. The Kier molecular flexibility index (Phi) is 7.52. The molecule has 1 atom stereocenters. The molecular weight excluding hydrogens is 360 g/mol. The summed E-state index contributed by atoms with van der Waals surface area (Å²) in [6.07, 6.45) is 3.70. The number of aliphatic imine (C=N–C) groups is 1. The first-order valence-electron chi connectivity index (χ1n) is 9.75. The fourth-order valence-corrected chi connectivity index (χ4v) is 4.90. The van der Waals surface area contributed by atoms with Crippen molar-refractivity contribution >= 4 is 17.7 Å². The minimum Gasteiger partial charge on any atom is -0.493 e. The molecule has 1 saturated heterocycles. The van der Waals surface area contributed by atoms with Crippen molar-refractivity contribution < 1.29 is 9.47 Å². The summed E-state index contributed by atoms with van der Waals surface area (Å²) in [6, 6.07) is 4.24. The van der Waals surface area contributed by atoms with Gasteiger partial charge in [0.15, 0.2) is 17.5 Å². The normalized spacial score (nSPS) is 20.3. The van der Waals surface area contributed by atoms with Crippen LogP contribution in [-0.4, -0.2) is 69.3 Å². The van der Waals surface area contributed by atoms with E-state index in [-0.39, 0.29) is 0 Å². The van der Waals surface area contributed by atoms with Gasteiger partial charge in [-0.1, -0.05) is 0 Å². The molecular formula is C20H32N4O2S. The van der Waals surface area contributed by atoms with Crippen molar-refractivity contribution in [3.63, 3.8) is 0 Å². The lowest BCUT2D eigenvalue weighted by Crippen LogP contribution is -2.44. The van der Waals surface area contributed by atoms with Gasteiger partial charge in [0.25, 0.3) is 0 Å².